The summed E-state index contributed by atoms with van der Waals surface area (Å²) in [6.45, 7) is 5.00. The van der Waals surface area contributed by atoms with Crippen molar-refractivity contribution in [2.75, 3.05) is 21.9 Å². The van der Waals surface area contributed by atoms with E-state index in [4.69, 9.17) is 0 Å². The smallest absolute Gasteiger partial charge is 0.368 e. The lowest BCUT2D eigenvalue weighted by Gasteiger charge is -2.39. The molecule has 0 bridgehead atoms. The van der Waals surface area contributed by atoms with Gasteiger partial charge in [-0.25, -0.2) is 8.42 Å². The molecule has 0 spiro atoms. The van der Waals surface area contributed by atoms with Crippen LogP contribution in [-0.4, -0.2) is 43.1 Å². The molecule has 0 radical (unpaired) electrons. The van der Waals surface area contributed by atoms with Crippen LogP contribution in [-0.2, 0) is 16.4 Å². The number of alkyl halides is 3. The van der Waals surface area contributed by atoms with Crippen LogP contribution in [0, 0.1) is 0 Å². The van der Waals surface area contributed by atoms with Crippen LogP contribution in [0.25, 0.3) is 0 Å². The highest BCUT2D eigenvalue weighted by Gasteiger charge is 2.36. The number of fused-ring (bicyclic) bond motifs is 1. The summed E-state index contributed by atoms with van der Waals surface area (Å²) in [5.74, 6) is -1.98. The Morgan fingerprint density at radius 1 is 1.24 bits per heavy atom. The molecule has 3 rings (SSSR count). The Hall–Kier alpha value is -2.28. The van der Waals surface area contributed by atoms with Crippen LogP contribution < -0.4 is 9.62 Å². The Kier molecular flexibility index (Phi) is 8.27. The van der Waals surface area contributed by atoms with Gasteiger partial charge in [-0.05, 0) is 43.4 Å². The van der Waals surface area contributed by atoms with Gasteiger partial charge in [0.05, 0.1) is 5.69 Å². The van der Waals surface area contributed by atoms with E-state index in [1.807, 2.05) is 0 Å². The molecule has 33 heavy (non-hydrogen) atoms. The van der Waals surface area contributed by atoms with Gasteiger partial charge in [0.15, 0.2) is 5.75 Å². The summed E-state index contributed by atoms with van der Waals surface area (Å²) in [5, 5.41) is 15.7. The molecule has 1 unspecified atom stereocenters. The minimum absolute atomic E-state index is 0.0384. The number of nitrogens with one attached hydrogen (secondary N) is 1. The molecule has 1 aliphatic rings. The lowest BCUT2D eigenvalue weighted by atomic mass is 9.93. The first-order chi connectivity index (χ1) is 15.6. The highest BCUT2D eigenvalue weighted by Crippen LogP contribution is 2.40. The fraction of sp³-hybridized carbons (Fsp3) is 0.600. The zero-order valence-electron chi connectivity index (χ0n) is 18.5. The van der Waals surface area contributed by atoms with E-state index < -0.39 is 22.0 Å². The Morgan fingerprint density at radius 3 is 2.67 bits per heavy atom. The van der Waals surface area contributed by atoms with Gasteiger partial charge in [0.25, 0.3) is 5.13 Å². The topological polar surface area (TPSA) is 99.9 Å². The molecule has 13 heteroatoms. The SMILES string of the molecule is CCCCCN1c2cc(NS(=O)(=O)CC(F)(F)F)c(N=Nc3nncs3)cc2CCC1CC. The summed E-state index contributed by atoms with van der Waals surface area (Å²) in [6, 6.07) is 3.57. The van der Waals surface area contributed by atoms with Gasteiger partial charge in [-0.3, -0.25) is 4.72 Å². The molecule has 1 aliphatic heterocycles. The minimum atomic E-state index is -4.87. The van der Waals surface area contributed by atoms with Gasteiger partial charge in [0.2, 0.25) is 10.0 Å². The van der Waals surface area contributed by atoms with E-state index in [1.54, 1.807) is 12.1 Å². The molecule has 0 saturated carbocycles. The van der Waals surface area contributed by atoms with Gasteiger partial charge in [-0.1, -0.05) is 38.0 Å². The molecule has 0 fully saturated rings. The van der Waals surface area contributed by atoms with Crippen LogP contribution in [0.1, 0.15) is 51.5 Å². The number of azo groups is 1. The number of halogens is 3. The maximum absolute atomic E-state index is 12.8. The van der Waals surface area contributed by atoms with E-state index in [-0.39, 0.29) is 22.5 Å². The van der Waals surface area contributed by atoms with E-state index in [0.29, 0.717) is 0 Å². The first kappa shape index (κ1) is 25.3. The van der Waals surface area contributed by atoms with Gasteiger partial charge < -0.3 is 4.90 Å². The lowest BCUT2D eigenvalue weighted by molar-refractivity contribution is -0.106. The third-order valence-electron chi connectivity index (χ3n) is 5.38. The Labute approximate surface area is 195 Å². The van der Waals surface area contributed by atoms with E-state index in [0.717, 1.165) is 67.7 Å². The molecule has 0 aliphatic carbocycles. The van der Waals surface area contributed by atoms with Crippen molar-refractivity contribution in [2.45, 2.75) is 64.6 Å². The van der Waals surface area contributed by atoms with Crippen molar-refractivity contribution < 1.29 is 21.6 Å². The predicted octanol–water partition coefficient (Wildman–Crippen LogP) is 5.98. The quantitative estimate of drug-likeness (QED) is 0.317. The van der Waals surface area contributed by atoms with Crippen molar-refractivity contribution in [1.29, 1.82) is 0 Å². The third kappa shape index (κ3) is 7.10. The maximum atomic E-state index is 12.8. The summed E-state index contributed by atoms with van der Waals surface area (Å²) < 4.78 is 65.0. The van der Waals surface area contributed by atoms with Crippen LogP contribution in [0.4, 0.5) is 35.4 Å². The molecular weight excluding hydrogens is 477 g/mol. The Balaban J connectivity index is 2.02. The monoisotopic (exact) mass is 504 g/mol. The predicted molar refractivity (Wildman–Crippen MR) is 123 cm³/mol. The molecule has 0 amide bonds. The van der Waals surface area contributed by atoms with Gasteiger partial charge in [0.1, 0.15) is 11.2 Å². The number of aromatic nitrogens is 2. The Bertz CT molecular complexity index is 1060. The van der Waals surface area contributed by atoms with E-state index in [1.165, 1.54) is 5.51 Å². The van der Waals surface area contributed by atoms with Crippen LogP contribution in [0.15, 0.2) is 27.9 Å². The second kappa shape index (κ2) is 10.8. The number of sulfonamides is 1. The van der Waals surface area contributed by atoms with Crippen molar-refractivity contribution in [2.24, 2.45) is 10.2 Å². The number of rotatable bonds is 10. The van der Waals surface area contributed by atoms with Crippen LogP contribution in [0.3, 0.4) is 0 Å². The second-order valence-corrected chi connectivity index (χ2v) is 10.4. The van der Waals surface area contributed by atoms with Gasteiger partial charge in [0, 0.05) is 18.3 Å². The molecule has 0 saturated heterocycles. The molecule has 1 aromatic heterocycles. The fourth-order valence-electron chi connectivity index (χ4n) is 3.91. The van der Waals surface area contributed by atoms with Crippen LogP contribution in [0.5, 0.6) is 0 Å². The summed E-state index contributed by atoms with van der Waals surface area (Å²) in [6.07, 6.45) is 0.830. The van der Waals surface area contributed by atoms with Crippen LogP contribution in [0.2, 0.25) is 0 Å². The summed E-state index contributed by atoms with van der Waals surface area (Å²) in [7, 11) is -4.69. The molecule has 1 atom stereocenters. The van der Waals surface area contributed by atoms with Crippen molar-refractivity contribution in [3.63, 3.8) is 0 Å². The van der Waals surface area contributed by atoms with Gasteiger partial charge in [-0.15, -0.1) is 20.4 Å². The fourth-order valence-corrected chi connectivity index (χ4v) is 5.29. The normalized spacial score (nSPS) is 16.9. The lowest BCUT2D eigenvalue weighted by Crippen LogP contribution is -2.39. The molecule has 182 valence electrons. The first-order valence-electron chi connectivity index (χ1n) is 10.8. The standard InChI is InChI=1S/C20H27F3N6O2S2/c1-3-5-6-9-29-15(4-2)8-7-14-10-16(25-27-19-26-24-13-32-19)17(11-18(14)29)28-33(30,31)12-20(21,22)23/h10-11,13,15,28H,3-9,12H2,1-2H3. The minimum Gasteiger partial charge on any atom is -0.368 e. The van der Waals surface area contributed by atoms with Gasteiger partial charge >= 0.3 is 6.18 Å². The summed E-state index contributed by atoms with van der Waals surface area (Å²) in [5.41, 5.74) is 3.35. The molecule has 1 N–H and O–H groups in total. The zero-order chi connectivity index (χ0) is 24.1. The van der Waals surface area contributed by atoms with E-state index in [9.17, 15) is 21.6 Å². The number of aryl methyl sites for hydroxylation is 1. The summed E-state index contributed by atoms with van der Waals surface area (Å²) in [4.78, 5) is 2.24. The number of anilines is 2. The van der Waals surface area contributed by atoms with Gasteiger partial charge in [-0.2, -0.15) is 13.2 Å². The van der Waals surface area contributed by atoms with Crippen molar-refractivity contribution >= 4 is 43.6 Å². The molecule has 8 nitrogen and oxygen atoms in total. The number of nitrogens with zero attached hydrogens (tertiary/aromatic N) is 5. The maximum Gasteiger partial charge on any atom is 0.404 e. The zero-order valence-corrected chi connectivity index (χ0v) is 20.1. The number of unbranched alkanes of at least 4 members (excludes halogenated alkanes) is 2. The molecular formula is C20H27F3N6O2S2. The average molecular weight is 505 g/mol. The Morgan fingerprint density at radius 2 is 2.03 bits per heavy atom. The van der Waals surface area contributed by atoms with E-state index >= 15 is 0 Å². The molecule has 2 aromatic rings. The van der Waals surface area contributed by atoms with E-state index in [2.05, 4.69) is 43.9 Å². The van der Waals surface area contributed by atoms with Crippen molar-refractivity contribution in [3.8, 4) is 0 Å². The molecule has 1 aromatic carbocycles. The summed E-state index contributed by atoms with van der Waals surface area (Å²) >= 11 is 1.13. The average Bonchev–Trinajstić information content (AvgIpc) is 3.24. The second-order valence-electron chi connectivity index (χ2n) is 7.90. The number of benzene rings is 1. The van der Waals surface area contributed by atoms with Crippen LogP contribution >= 0.6 is 11.3 Å². The first-order valence-corrected chi connectivity index (χ1v) is 13.3. The number of hydrogen-bond acceptors (Lipinski definition) is 8. The van der Waals surface area contributed by atoms with Crippen molar-refractivity contribution in [1.82, 2.24) is 10.2 Å². The molecule has 2 heterocycles. The largest absolute Gasteiger partial charge is 0.404 e. The van der Waals surface area contributed by atoms with Crippen molar-refractivity contribution in [3.05, 3.63) is 23.2 Å². The highest BCUT2D eigenvalue weighted by atomic mass is 32.2. The number of hydrogen-bond donors (Lipinski definition) is 1. The highest BCUT2D eigenvalue weighted by molar-refractivity contribution is 7.92. The third-order valence-corrected chi connectivity index (χ3v) is 7.19.